The van der Waals surface area contributed by atoms with Crippen LogP contribution >= 0.6 is 39.1 Å². The molecule has 0 aromatic heterocycles. The van der Waals surface area contributed by atoms with E-state index in [2.05, 4.69) is 40.3 Å². The van der Waals surface area contributed by atoms with Gasteiger partial charge < -0.3 is 5.32 Å². The van der Waals surface area contributed by atoms with Crippen molar-refractivity contribution in [3.05, 3.63) is 68.1 Å². The van der Waals surface area contributed by atoms with Gasteiger partial charge in [-0.25, -0.2) is 0 Å². The minimum Gasteiger partial charge on any atom is -0.306 e. The van der Waals surface area contributed by atoms with Crippen molar-refractivity contribution in [3.8, 4) is 0 Å². The SMILES string of the molecule is CCCNC(c1ccc(Br)cc1)c1ccc(Cl)cc1Cl. The van der Waals surface area contributed by atoms with Crippen LogP contribution < -0.4 is 5.32 Å². The van der Waals surface area contributed by atoms with E-state index >= 15 is 0 Å². The van der Waals surface area contributed by atoms with Crippen LogP contribution in [0.1, 0.15) is 30.5 Å². The Morgan fingerprint density at radius 3 is 2.40 bits per heavy atom. The first-order valence-electron chi connectivity index (χ1n) is 6.55. The van der Waals surface area contributed by atoms with E-state index in [0.29, 0.717) is 10.0 Å². The van der Waals surface area contributed by atoms with Gasteiger partial charge in [0.2, 0.25) is 0 Å². The van der Waals surface area contributed by atoms with Gasteiger partial charge in [-0.2, -0.15) is 0 Å². The van der Waals surface area contributed by atoms with Crippen molar-refractivity contribution in [1.82, 2.24) is 5.32 Å². The van der Waals surface area contributed by atoms with E-state index in [0.717, 1.165) is 23.0 Å². The minimum absolute atomic E-state index is 0.0767. The highest BCUT2D eigenvalue weighted by molar-refractivity contribution is 9.10. The maximum absolute atomic E-state index is 6.35. The van der Waals surface area contributed by atoms with Gasteiger partial charge in [-0.05, 0) is 48.4 Å². The zero-order chi connectivity index (χ0) is 14.5. The molecule has 1 atom stereocenters. The van der Waals surface area contributed by atoms with Crippen LogP contribution in [0.5, 0.6) is 0 Å². The number of rotatable bonds is 5. The van der Waals surface area contributed by atoms with Crippen LogP contribution in [-0.2, 0) is 0 Å². The molecule has 0 bridgehead atoms. The largest absolute Gasteiger partial charge is 0.306 e. The van der Waals surface area contributed by atoms with Gasteiger partial charge in [0.1, 0.15) is 0 Å². The molecule has 0 amide bonds. The van der Waals surface area contributed by atoms with Crippen molar-refractivity contribution >= 4 is 39.1 Å². The summed E-state index contributed by atoms with van der Waals surface area (Å²) in [6.45, 7) is 3.08. The van der Waals surface area contributed by atoms with Crippen LogP contribution in [0.4, 0.5) is 0 Å². The second-order valence-corrected chi connectivity index (χ2v) is 6.36. The molecule has 2 aromatic carbocycles. The summed E-state index contributed by atoms with van der Waals surface area (Å²) in [6.07, 6.45) is 1.07. The third-order valence-corrected chi connectivity index (χ3v) is 4.17. The monoisotopic (exact) mass is 371 g/mol. The molecule has 0 aliphatic heterocycles. The maximum atomic E-state index is 6.35. The number of nitrogens with one attached hydrogen (secondary N) is 1. The van der Waals surface area contributed by atoms with Crippen LogP contribution in [0.25, 0.3) is 0 Å². The summed E-state index contributed by atoms with van der Waals surface area (Å²) in [5, 5.41) is 4.88. The Morgan fingerprint density at radius 2 is 1.80 bits per heavy atom. The van der Waals surface area contributed by atoms with Gasteiger partial charge >= 0.3 is 0 Å². The van der Waals surface area contributed by atoms with E-state index in [-0.39, 0.29) is 6.04 Å². The molecule has 0 spiro atoms. The molecule has 4 heteroatoms. The van der Waals surface area contributed by atoms with Crippen LogP contribution in [0, 0.1) is 0 Å². The fourth-order valence-corrected chi connectivity index (χ4v) is 2.87. The normalized spacial score (nSPS) is 12.4. The van der Waals surface area contributed by atoms with Gasteiger partial charge in [-0.1, -0.05) is 64.3 Å². The van der Waals surface area contributed by atoms with Crippen molar-refractivity contribution in [2.45, 2.75) is 19.4 Å². The number of hydrogen-bond donors (Lipinski definition) is 1. The Bertz CT molecular complexity index is 569. The van der Waals surface area contributed by atoms with Gasteiger partial charge in [0.15, 0.2) is 0 Å². The van der Waals surface area contributed by atoms with Crippen molar-refractivity contribution < 1.29 is 0 Å². The van der Waals surface area contributed by atoms with Crippen LogP contribution in [0.3, 0.4) is 0 Å². The Balaban J connectivity index is 2.38. The van der Waals surface area contributed by atoms with Crippen molar-refractivity contribution in [3.63, 3.8) is 0 Å². The third-order valence-electron chi connectivity index (χ3n) is 3.08. The molecule has 106 valence electrons. The topological polar surface area (TPSA) is 12.0 Å². The van der Waals surface area contributed by atoms with Gasteiger partial charge in [0, 0.05) is 14.5 Å². The number of benzene rings is 2. The van der Waals surface area contributed by atoms with E-state index in [9.17, 15) is 0 Å². The molecule has 0 saturated heterocycles. The number of hydrogen-bond acceptors (Lipinski definition) is 1. The Labute approximate surface area is 138 Å². The zero-order valence-electron chi connectivity index (χ0n) is 11.2. The predicted octanol–water partition coefficient (Wildman–Crippen LogP) is 5.84. The average Bonchev–Trinajstić information content (AvgIpc) is 2.42. The molecule has 2 aromatic rings. The van der Waals surface area contributed by atoms with Gasteiger partial charge in [0.05, 0.1) is 6.04 Å². The van der Waals surface area contributed by atoms with Gasteiger partial charge in [-0.3, -0.25) is 0 Å². The number of halogens is 3. The molecule has 0 aliphatic rings. The Morgan fingerprint density at radius 1 is 1.10 bits per heavy atom. The van der Waals surface area contributed by atoms with Crippen molar-refractivity contribution in [2.24, 2.45) is 0 Å². The van der Waals surface area contributed by atoms with E-state index in [1.807, 2.05) is 24.3 Å². The summed E-state index contributed by atoms with van der Waals surface area (Å²) in [4.78, 5) is 0. The lowest BCUT2D eigenvalue weighted by Gasteiger charge is -2.21. The molecule has 0 radical (unpaired) electrons. The van der Waals surface area contributed by atoms with E-state index in [1.54, 1.807) is 6.07 Å². The summed E-state index contributed by atoms with van der Waals surface area (Å²) < 4.78 is 1.07. The molecular formula is C16H16BrCl2N. The van der Waals surface area contributed by atoms with Gasteiger partial charge in [-0.15, -0.1) is 0 Å². The molecule has 0 aliphatic carbocycles. The molecule has 20 heavy (non-hydrogen) atoms. The lowest BCUT2D eigenvalue weighted by molar-refractivity contribution is 0.598. The highest BCUT2D eigenvalue weighted by atomic mass is 79.9. The average molecular weight is 373 g/mol. The second-order valence-electron chi connectivity index (χ2n) is 4.60. The second kappa shape index (κ2) is 7.46. The Hall–Kier alpha value is -0.540. The molecule has 0 saturated carbocycles. The zero-order valence-corrected chi connectivity index (χ0v) is 14.3. The lowest BCUT2D eigenvalue weighted by atomic mass is 9.98. The van der Waals surface area contributed by atoms with E-state index in [4.69, 9.17) is 23.2 Å². The fraction of sp³-hybridized carbons (Fsp3) is 0.250. The van der Waals surface area contributed by atoms with Crippen LogP contribution in [0.2, 0.25) is 10.0 Å². The summed E-state index contributed by atoms with van der Waals surface area (Å²) in [5.41, 5.74) is 2.23. The molecule has 0 fully saturated rings. The lowest BCUT2D eigenvalue weighted by Crippen LogP contribution is -2.23. The molecule has 2 rings (SSSR count). The highest BCUT2D eigenvalue weighted by Gasteiger charge is 2.16. The quantitative estimate of drug-likeness (QED) is 0.694. The maximum Gasteiger partial charge on any atom is 0.0591 e. The molecule has 1 unspecified atom stereocenters. The molecule has 0 heterocycles. The fourth-order valence-electron chi connectivity index (χ4n) is 2.09. The first-order valence-corrected chi connectivity index (χ1v) is 8.10. The van der Waals surface area contributed by atoms with Crippen molar-refractivity contribution in [2.75, 3.05) is 6.54 Å². The summed E-state index contributed by atoms with van der Waals surface area (Å²) >= 11 is 15.8. The molecule has 1 nitrogen and oxygen atoms in total. The summed E-state index contributed by atoms with van der Waals surface area (Å²) in [5.74, 6) is 0. The Kier molecular flexibility index (Phi) is 5.91. The van der Waals surface area contributed by atoms with E-state index < -0.39 is 0 Å². The molecular weight excluding hydrogens is 357 g/mol. The smallest absolute Gasteiger partial charge is 0.0591 e. The highest BCUT2D eigenvalue weighted by Crippen LogP contribution is 2.31. The van der Waals surface area contributed by atoms with Crippen molar-refractivity contribution in [1.29, 1.82) is 0 Å². The predicted molar refractivity (Wildman–Crippen MR) is 90.7 cm³/mol. The van der Waals surface area contributed by atoms with Crippen LogP contribution in [-0.4, -0.2) is 6.54 Å². The first kappa shape index (κ1) is 15.8. The van der Waals surface area contributed by atoms with E-state index in [1.165, 1.54) is 5.56 Å². The first-order chi connectivity index (χ1) is 9.61. The standard InChI is InChI=1S/C16H16BrCl2N/c1-2-9-20-16(11-3-5-12(17)6-4-11)14-8-7-13(18)10-15(14)19/h3-8,10,16,20H,2,9H2,1H3. The summed E-state index contributed by atoms with van der Waals surface area (Å²) in [6, 6.07) is 14.0. The van der Waals surface area contributed by atoms with Crippen LogP contribution in [0.15, 0.2) is 46.9 Å². The summed E-state index contributed by atoms with van der Waals surface area (Å²) in [7, 11) is 0. The minimum atomic E-state index is 0.0767. The third kappa shape index (κ3) is 3.98. The molecule has 1 N–H and O–H groups in total. The van der Waals surface area contributed by atoms with Gasteiger partial charge in [0.25, 0.3) is 0 Å².